The number of rotatable bonds is 10. The van der Waals surface area contributed by atoms with Gasteiger partial charge in [0.2, 0.25) is 0 Å². The van der Waals surface area contributed by atoms with Crippen LogP contribution in [0.25, 0.3) is 0 Å². The molecule has 0 aromatic heterocycles. The van der Waals surface area contributed by atoms with Crippen LogP contribution in [0.4, 0.5) is 8.78 Å². The molecule has 0 spiro atoms. The molecule has 56 heavy (non-hydrogen) atoms. The normalized spacial score (nSPS) is 21.8. The second kappa shape index (κ2) is 18.0. The van der Waals surface area contributed by atoms with Gasteiger partial charge in [-0.2, -0.15) is 0 Å². The first-order valence-electron chi connectivity index (χ1n) is 19.9. The Bertz CT molecular complexity index is 1950. The van der Waals surface area contributed by atoms with Crippen LogP contribution in [0.15, 0.2) is 194 Å². The van der Waals surface area contributed by atoms with E-state index in [1.54, 1.807) is 24.3 Å². The Hall–Kier alpha value is -5.42. The number of hydrogen-bond acceptors (Lipinski definition) is 2. The van der Waals surface area contributed by atoms with E-state index in [2.05, 4.69) is 170 Å². The minimum Gasteiger partial charge on any atom is -0.300 e. The topological polar surface area (TPSA) is 24.1 Å². The van der Waals surface area contributed by atoms with Gasteiger partial charge in [-0.3, -0.25) is 10.6 Å². The summed E-state index contributed by atoms with van der Waals surface area (Å²) in [4.78, 5) is 0. The maximum atomic E-state index is 13.7. The third kappa shape index (κ3) is 9.68. The Morgan fingerprint density at radius 3 is 1.04 bits per heavy atom. The average Bonchev–Trinajstić information content (AvgIpc) is 3.25. The largest absolute Gasteiger partial charge is 0.300 e. The lowest BCUT2D eigenvalue weighted by atomic mass is 9.74. The average molecular weight is 743 g/mol. The summed E-state index contributed by atoms with van der Waals surface area (Å²) in [6, 6.07) is 57.2. The second-order valence-corrected chi connectivity index (χ2v) is 15.7. The van der Waals surface area contributed by atoms with Gasteiger partial charge in [0.15, 0.2) is 0 Å². The van der Waals surface area contributed by atoms with Crippen molar-refractivity contribution in [3.05, 3.63) is 239 Å². The summed E-state index contributed by atoms with van der Waals surface area (Å²) in [6.07, 6.45) is 13.0. The fourth-order valence-electron chi connectivity index (χ4n) is 8.15. The van der Waals surface area contributed by atoms with E-state index in [0.717, 1.165) is 36.8 Å². The molecule has 0 radical (unpaired) electrons. The molecule has 0 unspecified atom stereocenters. The zero-order valence-corrected chi connectivity index (χ0v) is 32.4. The molecule has 6 aromatic carbocycles. The van der Waals surface area contributed by atoms with Crippen molar-refractivity contribution in [2.24, 2.45) is 0 Å². The lowest BCUT2D eigenvalue weighted by Crippen LogP contribution is -2.37. The number of halogens is 2. The Balaban J connectivity index is 0.000000172. The Morgan fingerprint density at radius 1 is 0.446 bits per heavy atom. The monoisotopic (exact) mass is 742 g/mol. The van der Waals surface area contributed by atoms with E-state index in [4.69, 9.17) is 0 Å². The van der Waals surface area contributed by atoms with Crippen LogP contribution in [-0.2, 0) is 10.8 Å². The highest BCUT2D eigenvalue weighted by Crippen LogP contribution is 2.37. The van der Waals surface area contributed by atoms with Gasteiger partial charge in [0.25, 0.3) is 0 Å². The first-order chi connectivity index (χ1) is 27.3. The quantitative estimate of drug-likeness (QED) is 0.137. The molecule has 2 N–H and O–H groups in total. The number of benzene rings is 6. The maximum absolute atomic E-state index is 13.7. The standard InChI is InChI=1S/2C26H26FN/c2*1-26(22-13-8-14-23(27)19-22)17-15-24(16-18-26)28-25(20-9-4-2-5-10-20)21-11-6-3-7-12-21/h2*2-15,17,19,24-25,28H,16,18H2,1H3/t24-,26+;24-,26-/m00/s1. The van der Waals surface area contributed by atoms with Crippen molar-refractivity contribution in [3.8, 4) is 0 Å². The van der Waals surface area contributed by atoms with Crippen LogP contribution >= 0.6 is 0 Å². The summed E-state index contributed by atoms with van der Waals surface area (Å²) in [5.74, 6) is -0.332. The Morgan fingerprint density at radius 2 is 0.768 bits per heavy atom. The van der Waals surface area contributed by atoms with Crippen molar-refractivity contribution in [2.75, 3.05) is 0 Å². The number of allylic oxidation sites excluding steroid dienone is 2. The van der Waals surface area contributed by atoms with Gasteiger partial charge >= 0.3 is 0 Å². The van der Waals surface area contributed by atoms with Gasteiger partial charge in [-0.25, -0.2) is 8.78 Å². The van der Waals surface area contributed by atoms with Crippen molar-refractivity contribution in [2.45, 2.75) is 74.5 Å². The zero-order chi connectivity index (χ0) is 38.8. The summed E-state index contributed by atoms with van der Waals surface area (Å²) in [5, 5.41) is 7.66. The zero-order valence-electron chi connectivity index (χ0n) is 32.4. The minimum atomic E-state index is -0.166. The van der Waals surface area contributed by atoms with Gasteiger partial charge < -0.3 is 0 Å². The fraction of sp³-hybridized carbons (Fsp3) is 0.231. The van der Waals surface area contributed by atoms with Gasteiger partial charge in [0.05, 0.1) is 12.1 Å². The van der Waals surface area contributed by atoms with Gasteiger partial charge in [-0.15, -0.1) is 0 Å². The van der Waals surface area contributed by atoms with E-state index in [-0.39, 0.29) is 46.6 Å². The lowest BCUT2D eigenvalue weighted by Gasteiger charge is -2.35. The predicted molar refractivity (Wildman–Crippen MR) is 228 cm³/mol. The molecule has 0 heterocycles. The molecule has 0 fully saturated rings. The van der Waals surface area contributed by atoms with E-state index >= 15 is 0 Å². The highest BCUT2D eigenvalue weighted by atomic mass is 19.1. The molecule has 0 aliphatic heterocycles. The summed E-state index contributed by atoms with van der Waals surface area (Å²) in [6.45, 7) is 4.39. The summed E-state index contributed by atoms with van der Waals surface area (Å²) < 4.78 is 27.4. The molecule has 2 nitrogen and oxygen atoms in total. The van der Waals surface area contributed by atoms with E-state index in [1.807, 2.05) is 12.1 Å². The first-order valence-corrected chi connectivity index (χ1v) is 19.9. The molecule has 0 amide bonds. The molecular weight excluding hydrogens is 691 g/mol. The SMILES string of the molecule is C[C@@]1(c2cccc(F)c2)C=C[C@H](NC(c2ccccc2)c2ccccc2)CC1.C[C@]1(c2cccc(F)c2)C=C[C@H](NC(c2ccccc2)c2ccccc2)CC1. The Labute approximate surface area is 332 Å². The molecule has 2 aliphatic carbocycles. The maximum Gasteiger partial charge on any atom is 0.123 e. The van der Waals surface area contributed by atoms with Crippen molar-refractivity contribution in [1.29, 1.82) is 0 Å². The van der Waals surface area contributed by atoms with Crippen molar-refractivity contribution >= 4 is 0 Å². The summed E-state index contributed by atoms with van der Waals surface area (Å²) >= 11 is 0. The van der Waals surface area contributed by atoms with E-state index in [1.165, 1.54) is 34.4 Å². The lowest BCUT2D eigenvalue weighted by molar-refractivity contribution is 0.411. The van der Waals surface area contributed by atoms with Crippen LogP contribution < -0.4 is 10.6 Å². The molecule has 4 atom stereocenters. The van der Waals surface area contributed by atoms with E-state index < -0.39 is 0 Å². The van der Waals surface area contributed by atoms with Crippen molar-refractivity contribution in [1.82, 2.24) is 10.6 Å². The molecule has 4 heteroatoms. The summed E-state index contributed by atoms with van der Waals surface area (Å²) in [7, 11) is 0. The molecular formula is C52H52F2N2. The third-order valence-corrected chi connectivity index (χ3v) is 11.6. The van der Waals surface area contributed by atoms with Crippen LogP contribution in [-0.4, -0.2) is 12.1 Å². The molecule has 0 bridgehead atoms. The first kappa shape index (κ1) is 38.8. The summed E-state index contributed by atoms with van der Waals surface area (Å²) in [5.41, 5.74) is 6.92. The van der Waals surface area contributed by atoms with Crippen LogP contribution in [0.2, 0.25) is 0 Å². The van der Waals surface area contributed by atoms with Crippen LogP contribution in [0.5, 0.6) is 0 Å². The van der Waals surface area contributed by atoms with E-state index in [9.17, 15) is 8.78 Å². The molecule has 0 saturated heterocycles. The second-order valence-electron chi connectivity index (χ2n) is 15.7. The number of nitrogens with one attached hydrogen (secondary N) is 2. The van der Waals surface area contributed by atoms with Crippen LogP contribution in [0, 0.1) is 11.6 Å². The Kier molecular flexibility index (Phi) is 12.5. The molecule has 0 saturated carbocycles. The van der Waals surface area contributed by atoms with Gasteiger partial charge in [0.1, 0.15) is 11.6 Å². The highest BCUT2D eigenvalue weighted by molar-refractivity contribution is 5.37. The predicted octanol–water partition coefficient (Wildman–Crippen LogP) is 12.4. The fourth-order valence-corrected chi connectivity index (χ4v) is 8.15. The molecule has 2 aliphatic rings. The number of hydrogen-bond donors (Lipinski definition) is 2. The van der Waals surface area contributed by atoms with Crippen molar-refractivity contribution < 1.29 is 8.78 Å². The van der Waals surface area contributed by atoms with E-state index in [0.29, 0.717) is 0 Å². The minimum absolute atomic E-state index is 0.116. The van der Waals surface area contributed by atoms with Gasteiger partial charge in [0, 0.05) is 22.9 Å². The smallest absolute Gasteiger partial charge is 0.123 e. The highest BCUT2D eigenvalue weighted by Gasteiger charge is 2.31. The molecule has 6 aromatic rings. The van der Waals surface area contributed by atoms with Crippen LogP contribution in [0.3, 0.4) is 0 Å². The van der Waals surface area contributed by atoms with Gasteiger partial charge in [-0.1, -0.05) is 184 Å². The van der Waals surface area contributed by atoms with Gasteiger partial charge in [-0.05, 0) is 83.3 Å². The molecule has 284 valence electrons. The third-order valence-electron chi connectivity index (χ3n) is 11.6. The molecule has 8 rings (SSSR count). The van der Waals surface area contributed by atoms with Crippen LogP contribution in [0.1, 0.15) is 85.0 Å². The van der Waals surface area contributed by atoms with Crippen molar-refractivity contribution in [3.63, 3.8) is 0 Å².